The van der Waals surface area contributed by atoms with Crippen LogP contribution in [0, 0.1) is 10.8 Å². The fraction of sp³-hybridized carbons (Fsp3) is 0.667. The summed E-state index contributed by atoms with van der Waals surface area (Å²) in [6.07, 6.45) is 3.43. The van der Waals surface area contributed by atoms with E-state index in [0.717, 1.165) is 11.8 Å². The zero-order chi connectivity index (χ0) is 6.24. The largest absolute Gasteiger partial charge is 0.0928 e. The molecule has 2 heteroatoms. The fourth-order valence-electron chi connectivity index (χ4n) is 0.355. The van der Waals surface area contributed by atoms with Gasteiger partial charge in [-0.2, -0.15) is 0 Å². The maximum absolute atomic E-state index is 3.34. The lowest BCUT2D eigenvalue weighted by atomic mass is 10.3. The van der Waals surface area contributed by atoms with Gasteiger partial charge < -0.3 is 0 Å². The smallest absolute Gasteiger partial charge is 0.0106 e. The molecule has 0 saturated carbocycles. The van der Waals surface area contributed by atoms with Crippen LogP contribution in [-0.4, -0.2) is 5.33 Å². The molecular weight excluding hydrogens is 232 g/mol. The van der Waals surface area contributed by atoms with Crippen molar-refractivity contribution in [2.75, 3.05) is 5.33 Å². The quantitative estimate of drug-likeness (QED) is 0.404. The fourth-order valence-corrected chi connectivity index (χ4v) is 0.950. The molecule has 0 rings (SSSR count). The van der Waals surface area contributed by atoms with Gasteiger partial charge in [-0.05, 0) is 17.7 Å². The van der Waals surface area contributed by atoms with Crippen molar-refractivity contribution in [3.63, 3.8) is 0 Å². The van der Waals surface area contributed by atoms with Gasteiger partial charge in [0.05, 0.1) is 0 Å². The monoisotopic (exact) mass is 238 g/mol. The first-order valence-corrected chi connectivity index (χ1v) is 4.47. The molecule has 0 aromatic heterocycles. The third-order valence-electron chi connectivity index (χ3n) is 0.752. The Morgan fingerprint density at radius 2 is 2.00 bits per heavy atom. The zero-order valence-corrected chi connectivity index (χ0v) is 7.76. The minimum Gasteiger partial charge on any atom is -0.0928 e. The summed E-state index contributed by atoms with van der Waals surface area (Å²) >= 11 is 6.37. The molecule has 0 heterocycles. The normalized spacial score (nSPS) is 7.75. The van der Waals surface area contributed by atoms with Crippen molar-refractivity contribution < 1.29 is 0 Å². The van der Waals surface area contributed by atoms with Crippen molar-refractivity contribution >= 4 is 31.9 Å². The highest BCUT2D eigenvalue weighted by Crippen LogP contribution is 1.96. The molecule has 0 aliphatic carbocycles. The molecule has 0 aliphatic heterocycles. The number of unbranched alkanes of at least 4 members (excludes halogenated alkanes) is 2. The summed E-state index contributed by atoms with van der Waals surface area (Å²) in [6, 6.07) is 0. The summed E-state index contributed by atoms with van der Waals surface area (Å²) in [4.78, 5) is 2.67. The number of hydrogen-bond donors (Lipinski definition) is 0. The van der Waals surface area contributed by atoms with Crippen LogP contribution in [0.3, 0.4) is 0 Å². The van der Waals surface area contributed by atoms with Gasteiger partial charge >= 0.3 is 0 Å². The maximum atomic E-state index is 3.34. The van der Waals surface area contributed by atoms with Crippen LogP contribution < -0.4 is 0 Å². The van der Waals surface area contributed by atoms with Gasteiger partial charge in [0.2, 0.25) is 0 Å². The highest BCUT2D eigenvalue weighted by atomic mass is 79.9. The molecule has 0 aromatic rings. The van der Waals surface area contributed by atoms with Gasteiger partial charge in [-0.25, -0.2) is 0 Å². The average Bonchev–Trinajstić information content (AvgIpc) is 1.81. The average molecular weight is 240 g/mol. The summed E-state index contributed by atoms with van der Waals surface area (Å²) < 4.78 is 0. The van der Waals surface area contributed by atoms with Gasteiger partial charge in [0.15, 0.2) is 0 Å². The van der Waals surface area contributed by atoms with E-state index in [1.165, 1.54) is 12.8 Å². The van der Waals surface area contributed by atoms with Crippen LogP contribution >= 0.6 is 31.9 Å². The van der Waals surface area contributed by atoms with Crippen molar-refractivity contribution in [3.05, 3.63) is 0 Å². The lowest BCUT2D eigenvalue weighted by molar-refractivity contribution is 0.841. The number of rotatable bonds is 3. The molecule has 0 N–H and O–H groups in total. The molecule has 0 unspecified atom stereocenters. The molecule has 0 spiro atoms. The van der Waals surface area contributed by atoms with E-state index < -0.39 is 0 Å². The van der Waals surface area contributed by atoms with Crippen LogP contribution in [0.2, 0.25) is 0 Å². The summed E-state index contributed by atoms with van der Waals surface area (Å²) in [5.74, 6) is 2.93. The second-order valence-electron chi connectivity index (χ2n) is 1.42. The van der Waals surface area contributed by atoms with E-state index >= 15 is 0 Å². The molecular formula is C6H8Br2. The topological polar surface area (TPSA) is 0 Å². The van der Waals surface area contributed by atoms with Crippen molar-refractivity contribution in [3.8, 4) is 10.8 Å². The Balaban J connectivity index is 2.79. The molecule has 0 atom stereocenters. The SMILES string of the molecule is BrC#CCCCCBr. The molecule has 0 aromatic carbocycles. The van der Waals surface area contributed by atoms with Crippen LogP contribution in [0.4, 0.5) is 0 Å². The molecule has 0 bridgehead atoms. The minimum absolute atomic E-state index is 1.01. The van der Waals surface area contributed by atoms with Gasteiger partial charge in [-0.15, -0.1) is 0 Å². The van der Waals surface area contributed by atoms with E-state index in [1.807, 2.05) is 0 Å². The second kappa shape index (κ2) is 7.52. The summed E-state index contributed by atoms with van der Waals surface area (Å²) in [7, 11) is 0. The summed E-state index contributed by atoms with van der Waals surface area (Å²) in [5.41, 5.74) is 0. The van der Waals surface area contributed by atoms with Crippen LogP contribution in [0.15, 0.2) is 0 Å². The van der Waals surface area contributed by atoms with Crippen molar-refractivity contribution in [1.29, 1.82) is 0 Å². The third kappa shape index (κ3) is 6.52. The predicted molar refractivity (Wildman–Crippen MR) is 44.3 cm³/mol. The van der Waals surface area contributed by atoms with E-state index in [2.05, 4.69) is 42.6 Å². The van der Waals surface area contributed by atoms with Gasteiger partial charge in [0.1, 0.15) is 0 Å². The lowest BCUT2D eigenvalue weighted by Gasteiger charge is -1.85. The molecule has 0 fully saturated rings. The first-order valence-electron chi connectivity index (χ1n) is 2.56. The first kappa shape index (κ1) is 8.52. The standard InChI is InChI=1S/C6H8Br2/c7-5-3-1-2-4-6-8/h1-3,5H2. The Morgan fingerprint density at radius 3 is 2.50 bits per heavy atom. The number of hydrogen-bond acceptors (Lipinski definition) is 0. The molecule has 0 aliphatic rings. The van der Waals surface area contributed by atoms with E-state index in [-0.39, 0.29) is 0 Å². The van der Waals surface area contributed by atoms with Crippen LogP contribution in [-0.2, 0) is 0 Å². The van der Waals surface area contributed by atoms with E-state index in [0.29, 0.717) is 0 Å². The highest BCUT2D eigenvalue weighted by molar-refractivity contribution is 9.12. The molecule has 0 radical (unpaired) electrons. The first-order chi connectivity index (χ1) is 3.91. The van der Waals surface area contributed by atoms with Crippen molar-refractivity contribution in [1.82, 2.24) is 0 Å². The van der Waals surface area contributed by atoms with Crippen LogP contribution in [0.25, 0.3) is 0 Å². The van der Waals surface area contributed by atoms with Crippen LogP contribution in [0.1, 0.15) is 19.3 Å². The van der Waals surface area contributed by atoms with E-state index in [1.54, 1.807) is 0 Å². The molecule has 46 valence electrons. The Kier molecular flexibility index (Phi) is 8.01. The number of halogens is 2. The Hall–Kier alpha value is 0.520. The van der Waals surface area contributed by atoms with Gasteiger partial charge in [0, 0.05) is 27.7 Å². The highest BCUT2D eigenvalue weighted by Gasteiger charge is 1.79. The van der Waals surface area contributed by atoms with Crippen molar-refractivity contribution in [2.45, 2.75) is 19.3 Å². The van der Waals surface area contributed by atoms with E-state index in [9.17, 15) is 0 Å². The van der Waals surface area contributed by atoms with Gasteiger partial charge in [-0.1, -0.05) is 21.9 Å². The summed E-state index contributed by atoms with van der Waals surface area (Å²) in [5, 5.41) is 1.09. The van der Waals surface area contributed by atoms with E-state index in [4.69, 9.17) is 0 Å². The zero-order valence-electron chi connectivity index (χ0n) is 4.58. The Morgan fingerprint density at radius 1 is 1.25 bits per heavy atom. The maximum Gasteiger partial charge on any atom is 0.0106 e. The Bertz CT molecular complexity index is 88.4. The predicted octanol–water partition coefficient (Wildman–Crippen LogP) is 2.91. The lowest BCUT2D eigenvalue weighted by Crippen LogP contribution is -1.72. The van der Waals surface area contributed by atoms with Gasteiger partial charge in [-0.3, -0.25) is 0 Å². The molecule has 8 heavy (non-hydrogen) atoms. The minimum atomic E-state index is 1.01. The molecule has 0 amide bonds. The molecule has 0 nitrogen and oxygen atoms in total. The summed E-state index contributed by atoms with van der Waals surface area (Å²) in [6.45, 7) is 0. The van der Waals surface area contributed by atoms with Crippen LogP contribution in [0.5, 0.6) is 0 Å². The second-order valence-corrected chi connectivity index (χ2v) is 2.61. The van der Waals surface area contributed by atoms with Crippen molar-refractivity contribution in [2.24, 2.45) is 0 Å². The molecule has 0 saturated heterocycles. The Labute approximate surface area is 67.3 Å². The third-order valence-corrected chi connectivity index (χ3v) is 1.59. The van der Waals surface area contributed by atoms with Gasteiger partial charge in [0.25, 0.3) is 0 Å². The number of alkyl halides is 1.